The van der Waals surface area contributed by atoms with Gasteiger partial charge in [-0.05, 0) is 56.2 Å². The van der Waals surface area contributed by atoms with Gasteiger partial charge >= 0.3 is 0 Å². The minimum Gasteiger partial charge on any atom is -0.490 e. The van der Waals surface area contributed by atoms with Gasteiger partial charge in [0.15, 0.2) is 5.96 Å². The summed E-state index contributed by atoms with van der Waals surface area (Å²) in [6.45, 7) is 3.61. The molecule has 0 aliphatic heterocycles. The van der Waals surface area contributed by atoms with Crippen molar-refractivity contribution in [1.82, 2.24) is 20.4 Å². The molecule has 1 aliphatic carbocycles. The second-order valence-corrected chi connectivity index (χ2v) is 7.26. The molecule has 3 rings (SSSR count). The largest absolute Gasteiger partial charge is 0.490 e. The van der Waals surface area contributed by atoms with E-state index in [4.69, 9.17) is 4.74 Å². The average Bonchev–Trinajstić information content (AvgIpc) is 3.31. The van der Waals surface area contributed by atoms with Gasteiger partial charge in [-0.15, -0.1) is 0 Å². The van der Waals surface area contributed by atoms with Gasteiger partial charge in [-0.2, -0.15) is 5.10 Å². The molecule has 2 N–H and O–H groups in total. The Kier molecular flexibility index (Phi) is 6.74. The fourth-order valence-electron chi connectivity index (χ4n) is 3.43. The molecule has 1 aromatic carbocycles. The Morgan fingerprint density at radius 3 is 2.81 bits per heavy atom. The summed E-state index contributed by atoms with van der Waals surface area (Å²) in [7, 11) is 3.73. The summed E-state index contributed by atoms with van der Waals surface area (Å²) in [4.78, 5) is 4.32. The maximum atomic E-state index is 6.28. The summed E-state index contributed by atoms with van der Waals surface area (Å²) in [6.07, 6.45) is 10.1. The number of guanidine groups is 1. The molecule has 0 unspecified atom stereocenters. The maximum absolute atomic E-state index is 6.28. The number of hydrogen-bond acceptors (Lipinski definition) is 3. The first-order valence-corrected chi connectivity index (χ1v) is 9.82. The fraction of sp³-hybridized carbons (Fsp3) is 0.524. The van der Waals surface area contributed by atoms with E-state index in [0.717, 1.165) is 24.7 Å². The lowest BCUT2D eigenvalue weighted by Gasteiger charge is -2.18. The number of aryl methyl sites for hydroxylation is 2. The van der Waals surface area contributed by atoms with Crippen LogP contribution in [0.15, 0.2) is 35.6 Å². The number of nitrogens with one attached hydrogen (secondary N) is 2. The fourth-order valence-corrected chi connectivity index (χ4v) is 3.43. The molecule has 0 radical (unpaired) electrons. The van der Waals surface area contributed by atoms with Gasteiger partial charge < -0.3 is 15.4 Å². The van der Waals surface area contributed by atoms with Gasteiger partial charge in [0, 0.05) is 38.9 Å². The minimum absolute atomic E-state index is 0.363. The number of hydrogen-bond donors (Lipinski definition) is 2. The molecule has 0 amide bonds. The van der Waals surface area contributed by atoms with Gasteiger partial charge in [0.05, 0.1) is 12.3 Å². The summed E-state index contributed by atoms with van der Waals surface area (Å²) < 4.78 is 8.11. The molecule has 1 fully saturated rings. The number of aliphatic imine (C=N–C) groups is 1. The number of rotatable bonds is 7. The van der Waals surface area contributed by atoms with Crippen LogP contribution in [-0.2, 0) is 20.0 Å². The average molecular weight is 370 g/mol. The highest BCUT2D eigenvalue weighted by Crippen LogP contribution is 2.27. The highest BCUT2D eigenvalue weighted by Gasteiger charge is 2.18. The van der Waals surface area contributed by atoms with Crippen LogP contribution in [0, 0.1) is 6.92 Å². The van der Waals surface area contributed by atoms with Crippen LogP contribution in [0.4, 0.5) is 0 Å². The van der Waals surface area contributed by atoms with Crippen molar-refractivity contribution in [1.29, 1.82) is 0 Å². The number of benzene rings is 1. The number of ether oxygens (including phenoxy) is 1. The molecule has 0 atom stereocenters. The van der Waals surface area contributed by atoms with Gasteiger partial charge in [-0.25, -0.2) is 0 Å². The Labute approximate surface area is 162 Å². The molecule has 0 spiro atoms. The smallest absolute Gasteiger partial charge is 0.191 e. The predicted molar refractivity (Wildman–Crippen MR) is 109 cm³/mol. The third-order valence-corrected chi connectivity index (χ3v) is 4.95. The molecule has 0 bridgehead atoms. The Hall–Kier alpha value is -2.50. The first-order valence-electron chi connectivity index (χ1n) is 9.82. The zero-order valence-electron chi connectivity index (χ0n) is 16.7. The molecule has 0 saturated heterocycles. The van der Waals surface area contributed by atoms with E-state index in [1.54, 1.807) is 7.05 Å². The molecule has 1 saturated carbocycles. The van der Waals surface area contributed by atoms with Crippen LogP contribution >= 0.6 is 0 Å². The summed E-state index contributed by atoms with van der Waals surface area (Å²) in [5.74, 6) is 1.80. The van der Waals surface area contributed by atoms with Crippen LogP contribution in [0.25, 0.3) is 0 Å². The second-order valence-electron chi connectivity index (χ2n) is 7.26. The van der Waals surface area contributed by atoms with Gasteiger partial charge in [-0.3, -0.25) is 9.67 Å². The predicted octanol–water partition coefficient (Wildman–Crippen LogP) is 2.96. The summed E-state index contributed by atoms with van der Waals surface area (Å²) in [6, 6.07) is 6.43. The number of aromatic nitrogens is 2. The molecule has 146 valence electrons. The molecule has 1 aliphatic rings. The van der Waals surface area contributed by atoms with Gasteiger partial charge in [-0.1, -0.05) is 12.1 Å². The monoisotopic (exact) mass is 369 g/mol. The van der Waals surface area contributed by atoms with Crippen LogP contribution in [0.1, 0.15) is 42.4 Å². The van der Waals surface area contributed by atoms with Crippen LogP contribution < -0.4 is 15.4 Å². The highest BCUT2D eigenvalue weighted by atomic mass is 16.5. The van der Waals surface area contributed by atoms with Crippen molar-refractivity contribution >= 4 is 5.96 Å². The van der Waals surface area contributed by atoms with E-state index in [-0.39, 0.29) is 0 Å². The van der Waals surface area contributed by atoms with E-state index in [9.17, 15) is 0 Å². The lowest BCUT2D eigenvalue weighted by Crippen LogP contribution is -2.38. The molecular weight excluding hydrogens is 338 g/mol. The standard InChI is InChI=1S/C21H31N5O/c1-16-8-9-18(20(12-16)27-19-6-4-5-7-19)14-24-21(22-2)23-11-10-17-13-25-26(3)15-17/h8-9,12-13,15,19H,4-7,10-11,14H2,1-3H3,(H2,22,23,24). The van der Waals surface area contributed by atoms with Crippen LogP contribution in [0.5, 0.6) is 5.75 Å². The Balaban J connectivity index is 1.52. The molecule has 1 heterocycles. The Morgan fingerprint density at radius 1 is 1.30 bits per heavy atom. The van der Waals surface area contributed by atoms with Crippen molar-refractivity contribution in [3.8, 4) is 5.75 Å². The number of nitrogens with zero attached hydrogens (tertiary/aromatic N) is 3. The third kappa shape index (κ3) is 5.74. The molecule has 6 heteroatoms. The van der Waals surface area contributed by atoms with E-state index >= 15 is 0 Å². The zero-order valence-corrected chi connectivity index (χ0v) is 16.7. The molecule has 2 aromatic rings. The van der Waals surface area contributed by atoms with E-state index < -0.39 is 0 Å². The van der Waals surface area contributed by atoms with Crippen molar-refractivity contribution in [3.63, 3.8) is 0 Å². The topological polar surface area (TPSA) is 63.5 Å². The first-order chi connectivity index (χ1) is 13.1. The lowest BCUT2D eigenvalue weighted by atomic mass is 10.1. The van der Waals surface area contributed by atoms with Gasteiger partial charge in [0.1, 0.15) is 5.75 Å². The third-order valence-electron chi connectivity index (χ3n) is 4.95. The van der Waals surface area contributed by atoms with Crippen molar-refractivity contribution < 1.29 is 4.74 Å². The van der Waals surface area contributed by atoms with Gasteiger partial charge in [0.2, 0.25) is 0 Å². The van der Waals surface area contributed by atoms with E-state index in [1.165, 1.54) is 42.4 Å². The van der Waals surface area contributed by atoms with Crippen molar-refractivity contribution in [3.05, 3.63) is 47.3 Å². The van der Waals surface area contributed by atoms with Crippen LogP contribution in [0.2, 0.25) is 0 Å². The van der Waals surface area contributed by atoms with Crippen molar-refractivity contribution in [2.75, 3.05) is 13.6 Å². The Morgan fingerprint density at radius 2 is 2.11 bits per heavy atom. The molecule has 27 heavy (non-hydrogen) atoms. The van der Waals surface area contributed by atoms with E-state index in [0.29, 0.717) is 12.6 Å². The van der Waals surface area contributed by atoms with Crippen LogP contribution in [-0.4, -0.2) is 35.4 Å². The molecular formula is C21H31N5O. The van der Waals surface area contributed by atoms with Crippen molar-refractivity contribution in [2.45, 2.75) is 51.7 Å². The molecule has 1 aromatic heterocycles. The van der Waals surface area contributed by atoms with E-state index in [2.05, 4.69) is 45.8 Å². The summed E-state index contributed by atoms with van der Waals surface area (Å²) in [5, 5.41) is 11.0. The minimum atomic E-state index is 0.363. The maximum Gasteiger partial charge on any atom is 0.191 e. The first kappa shape index (κ1) is 19.3. The van der Waals surface area contributed by atoms with Crippen LogP contribution in [0.3, 0.4) is 0 Å². The second kappa shape index (κ2) is 9.44. The lowest BCUT2D eigenvalue weighted by molar-refractivity contribution is 0.207. The summed E-state index contributed by atoms with van der Waals surface area (Å²) in [5.41, 5.74) is 3.61. The molecule has 6 nitrogen and oxygen atoms in total. The van der Waals surface area contributed by atoms with Crippen molar-refractivity contribution in [2.24, 2.45) is 12.0 Å². The SMILES string of the molecule is CN=C(NCCc1cnn(C)c1)NCc1ccc(C)cc1OC1CCCC1. The normalized spacial score (nSPS) is 15.1. The highest BCUT2D eigenvalue weighted by molar-refractivity contribution is 5.79. The quantitative estimate of drug-likeness (QED) is 0.582. The van der Waals surface area contributed by atoms with E-state index in [1.807, 2.05) is 24.1 Å². The summed E-state index contributed by atoms with van der Waals surface area (Å²) >= 11 is 0. The Bertz CT molecular complexity index is 762. The van der Waals surface area contributed by atoms with Gasteiger partial charge in [0.25, 0.3) is 0 Å². The zero-order chi connectivity index (χ0) is 19.1.